The molecule has 2 aromatic heterocycles. The van der Waals surface area contributed by atoms with Crippen LogP contribution in [0.25, 0.3) is 23.0 Å². The lowest BCUT2D eigenvalue weighted by Crippen LogP contribution is -2.20. The van der Waals surface area contributed by atoms with E-state index in [0.717, 1.165) is 28.2 Å². The van der Waals surface area contributed by atoms with Crippen LogP contribution in [0, 0.1) is 6.92 Å². The van der Waals surface area contributed by atoms with Crippen LogP contribution in [0.15, 0.2) is 120 Å². The molecule has 0 spiro atoms. The van der Waals surface area contributed by atoms with Crippen molar-refractivity contribution in [1.29, 1.82) is 0 Å². The molecule has 8 heteroatoms. The van der Waals surface area contributed by atoms with Crippen molar-refractivity contribution in [3.63, 3.8) is 0 Å². The maximum absolute atomic E-state index is 13.6. The van der Waals surface area contributed by atoms with Crippen molar-refractivity contribution >= 4 is 34.0 Å². The summed E-state index contributed by atoms with van der Waals surface area (Å²) < 4.78 is 5.38. The van der Waals surface area contributed by atoms with E-state index in [4.69, 9.17) is 4.99 Å². The van der Waals surface area contributed by atoms with Crippen molar-refractivity contribution in [3.05, 3.63) is 136 Å². The summed E-state index contributed by atoms with van der Waals surface area (Å²) in [7, 11) is 1.84. The number of carbonyl (C=O) groups is 1. The van der Waals surface area contributed by atoms with E-state index in [1.807, 2.05) is 110 Å². The van der Waals surface area contributed by atoms with E-state index in [-0.39, 0.29) is 11.5 Å². The zero-order valence-electron chi connectivity index (χ0n) is 22.3. The molecule has 0 aliphatic rings. The summed E-state index contributed by atoms with van der Waals surface area (Å²) in [6.07, 6.45) is 5.06. The quantitative estimate of drug-likeness (QED) is 0.189. The third-order valence-corrected chi connectivity index (χ3v) is 7.46. The number of carbonyl (C=O) groups excluding carboxylic acids is 1. The second kappa shape index (κ2) is 11.8. The largest absolute Gasteiger partial charge is 0.312 e. The smallest absolute Gasteiger partial charge is 0.297 e. The second-order valence-electron chi connectivity index (χ2n) is 9.08. The summed E-state index contributed by atoms with van der Waals surface area (Å²) in [5, 5.41) is 3.68. The van der Waals surface area contributed by atoms with Gasteiger partial charge in [0, 0.05) is 25.2 Å². The topological polar surface area (TPSA) is 73.3 Å². The number of benzene rings is 3. The van der Waals surface area contributed by atoms with Gasteiger partial charge < -0.3 is 9.88 Å². The second-order valence-corrected chi connectivity index (χ2v) is 10.1. The Morgan fingerprint density at radius 1 is 0.975 bits per heavy atom. The Kier molecular flexibility index (Phi) is 7.89. The number of amides is 1. The number of para-hydroxylation sites is 1. The van der Waals surface area contributed by atoms with Crippen molar-refractivity contribution in [2.75, 3.05) is 5.32 Å². The summed E-state index contributed by atoms with van der Waals surface area (Å²) in [6, 6.07) is 28.9. The summed E-state index contributed by atoms with van der Waals surface area (Å²) in [5.41, 5.74) is 4.24. The fourth-order valence-corrected chi connectivity index (χ4v) is 5.50. The molecule has 0 fully saturated rings. The van der Waals surface area contributed by atoms with Crippen LogP contribution in [0.3, 0.4) is 0 Å². The number of anilines is 1. The van der Waals surface area contributed by atoms with Crippen LogP contribution in [0.5, 0.6) is 0 Å². The van der Waals surface area contributed by atoms with Crippen molar-refractivity contribution in [3.8, 4) is 16.9 Å². The van der Waals surface area contributed by atoms with E-state index < -0.39 is 0 Å². The van der Waals surface area contributed by atoms with Gasteiger partial charge in [0.2, 0.25) is 5.91 Å². The highest BCUT2D eigenvalue weighted by Gasteiger charge is 2.20. The standard InChI is InChI=1S/C32H29N5O2S/c1-4-22-36-29(25-16-10-6-11-17-25)30(33-27(38)21-20-24-14-8-5-9-15-24)40-32(36)34-28-23(2)35(3)37(31(28)39)26-18-12-7-13-19-26/h4-21H,1,22H2,2-3H3,(H,33,38). The first-order valence-electron chi connectivity index (χ1n) is 12.8. The highest BCUT2D eigenvalue weighted by atomic mass is 32.1. The predicted octanol–water partition coefficient (Wildman–Crippen LogP) is 6.08. The number of hydrogen-bond acceptors (Lipinski definition) is 4. The molecule has 0 bridgehead atoms. The minimum Gasteiger partial charge on any atom is -0.312 e. The minimum absolute atomic E-state index is 0.220. The molecule has 0 saturated carbocycles. The number of thiazole rings is 1. The third kappa shape index (κ3) is 5.43. The maximum Gasteiger partial charge on any atom is 0.297 e. The molecule has 0 atom stereocenters. The van der Waals surface area contributed by atoms with Crippen molar-refractivity contribution < 1.29 is 4.79 Å². The van der Waals surface area contributed by atoms with Gasteiger partial charge in [-0.25, -0.2) is 9.67 Å². The SMILES string of the molecule is C=CCn1c(-c2ccccc2)c(NC(=O)C=Cc2ccccc2)sc1=Nc1c(C)n(C)n(-c2ccccc2)c1=O. The van der Waals surface area contributed by atoms with Gasteiger partial charge >= 0.3 is 0 Å². The third-order valence-electron chi connectivity index (χ3n) is 6.46. The molecule has 1 N–H and O–H groups in total. The Hall–Kier alpha value is -4.95. The molecule has 5 aromatic rings. The van der Waals surface area contributed by atoms with Crippen LogP contribution in [0.4, 0.5) is 10.7 Å². The fourth-order valence-electron chi connectivity index (χ4n) is 4.43. The van der Waals surface area contributed by atoms with Gasteiger partial charge in [-0.2, -0.15) is 0 Å². The molecule has 0 aliphatic heterocycles. The minimum atomic E-state index is -0.262. The Balaban J connectivity index is 1.65. The highest BCUT2D eigenvalue weighted by molar-refractivity contribution is 7.14. The van der Waals surface area contributed by atoms with Gasteiger partial charge in [0.1, 0.15) is 5.00 Å². The van der Waals surface area contributed by atoms with Crippen LogP contribution in [0.1, 0.15) is 11.3 Å². The van der Waals surface area contributed by atoms with Crippen LogP contribution in [-0.4, -0.2) is 19.8 Å². The average molecular weight is 548 g/mol. The van der Waals surface area contributed by atoms with E-state index >= 15 is 0 Å². The molecule has 40 heavy (non-hydrogen) atoms. The lowest BCUT2D eigenvalue weighted by atomic mass is 10.1. The molecule has 1 amide bonds. The molecular formula is C32H29N5O2S. The summed E-state index contributed by atoms with van der Waals surface area (Å²) in [5.74, 6) is -0.262. The van der Waals surface area contributed by atoms with E-state index in [2.05, 4.69) is 11.9 Å². The van der Waals surface area contributed by atoms with Crippen LogP contribution < -0.4 is 15.7 Å². The summed E-state index contributed by atoms with van der Waals surface area (Å²) in [6.45, 7) is 6.25. The lowest BCUT2D eigenvalue weighted by molar-refractivity contribution is -0.111. The first-order chi connectivity index (χ1) is 19.5. The van der Waals surface area contributed by atoms with Gasteiger partial charge in [0.05, 0.1) is 17.1 Å². The number of nitrogens with zero attached hydrogens (tertiary/aromatic N) is 4. The maximum atomic E-state index is 13.6. The monoisotopic (exact) mass is 547 g/mol. The molecule has 7 nitrogen and oxygen atoms in total. The Bertz CT molecular complexity index is 1810. The highest BCUT2D eigenvalue weighted by Crippen LogP contribution is 2.31. The number of nitrogens with one attached hydrogen (secondary N) is 1. The van der Waals surface area contributed by atoms with E-state index in [1.54, 1.807) is 21.5 Å². The molecular weight excluding hydrogens is 518 g/mol. The summed E-state index contributed by atoms with van der Waals surface area (Å²) in [4.78, 5) is 32.1. The molecule has 3 aromatic carbocycles. The Morgan fingerprint density at radius 2 is 1.60 bits per heavy atom. The van der Waals surface area contributed by atoms with Crippen LogP contribution in [-0.2, 0) is 18.4 Å². The molecule has 5 rings (SSSR count). The lowest BCUT2D eigenvalue weighted by Gasteiger charge is -2.09. The van der Waals surface area contributed by atoms with Gasteiger partial charge in [-0.05, 0) is 30.7 Å². The van der Waals surface area contributed by atoms with Crippen molar-refractivity contribution in [2.24, 2.45) is 12.0 Å². The fraction of sp³-hybridized carbons (Fsp3) is 0.0938. The van der Waals surface area contributed by atoms with Crippen molar-refractivity contribution in [1.82, 2.24) is 13.9 Å². The van der Waals surface area contributed by atoms with Gasteiger partial charge in [-0.1, -0.05) is 96.3 Å². The van der Waals surface area contributed by atoms with Gasteiger partial charge in [-0.15, -0.1) is 6.58 Å². The van der Waals surface area contributed by atoms with Gasteiger partial charge in [0.15, 0.2) is 10.5 Å². The zero-order chi connectivity index (χ0) is 28.1. The number of rotatable bonds is 8. The van der Waals surface area contributed by atoms with Gasteiger partial charge in [-0.3, -0.25) is 14.3 Å². The number of aromatic nitrogens is 3. The molecule has 0 saturated heterocycles. The van der Waals surface area contributed by atoms with E-state index in [1.165, 1.54) is 17.4 Å². The first kappa shape index (κ1) is 26.6. The molecule has 0 aliphatic carbocycles. The molecule has 200 valence electrons. The Morgan fingerprint density at radius 3 is 2.25 bits per heavy atom. The van der Waals surface area contributed by atoms with Crippen molar-refractivity contribution in [2.45, 2.75) is 13.5 Å². The first-order valence-corrected chi connectivity index (χ1v) is 13.6. The molecule has 0 unspecified atom stereocenters. The average Bonchev–Trinajstić information content (AvgIpc) is 3.42. The number of allylic oxidation sites excluding steroid dienone is 1. The van der Waals surface area contributed by atoms with Crippen LogP contribution >= 0.6 is 11.3 Å². The molecule has 2 heterocycles. The normalized spacial score (nSPS) is 11.7. The number of hydrogen-bond donors (Lipinski definition) is 1. The summed E-state index contributed by atoms with van der Waals surface area (Å²) >= 11 is 1.32. The van der Waals surface area contributed by atoms with E-state index in [0.29, 0.717) is 22.0 Å². The predicted molar refractivity (Wildman–Crippen MR) is 163 cm³/mol. The van der Waals surface area contributed by atoms with Crippen LogP contribution in [0.2, 0.25) is 0 Å². The molecule has 0 radical (unpaired) electrons. The van der Waals surface area contributed by atoms with Gasteiger partial charge in [0.25, 0.3) is 5.56 Å². The zero-order valence-corrected chi connectivity index (χ0v) is 23.1. The van der Waals surface area contributed by atoms with E-state index in [9.17, 15) is 9.59 Å². The Labute approximate surface area is 236 Å².